The van der Waals surface area contributed by atoms with Gasteiger partial charge in [-0.25, -0.2) is 0 Å². The lowest BCUT2D eigenvalue weighted by Gasteiger charge is -2.01. The van der Waals surface area contributed by atoms with Gasteiger partial charge in [0.1, 0.15) is 0 Å². The molecule has 1 heterocycles. The first-order valence-electron chi connectivity index (χ1n) is 5.42. The first-order valence-corrected chi connectivity index (χ1v) is 5.42. The van der Waals surface area contributed by atoms with Crippen LogP contribution in [-0.2, 0) is 6.54 Å². The standard InChI is InChI=1S/C14H14NO2.BrH/c1-17-14-9-5-6-10-15(14)11-13(16)12-7-3-2-4-8-12;/h2-10H,11H2,1H3;1H/q+1;/p-1. The summed E-state index contributed by atoms with van der Waals surface area (Å²) in [5.41, 5.74) is 0.714. The molecule has 0 atom stereocenters. The van der Waals surface area contributed by atoms with Gasteiger partial charge in [-0.05, 0) is 6.07 Å². The molecule has 3 nitrogen and oxygen atoms in total. The number of nitrogens with zero attached hydrogens (tertiary/aromatic N) is 1. The van der Waals surface area contributed by atoms with Crippen molar-refractivity contribution < 1.29 is 31.1 Å². The third-order valence-electron chi connectivity index (χ3n) is 2.52. The Bertz CT molecular complexity index is 514. The van der Waals surface area contributed by atoms with Gasteiger partial charge in [-0.2, -0.15) is 4.57 Å². The number of hydrogen-bond donors (Lipinski definition) is 0. The highest BCUT2D eigenvalue weighted by Gasteiger charge is 2.15. The van der Waals surface area contributed by atoms with Crippen LogP contribution in [0.25, 0.3) is 0 Å². The van der Waals surface area contributed by atoms with Crippen molar-refractivity contribution in [2.24, 2.45) is 0 Å². The van der Waals surface area contributed by atoms with Gasteiger partial charge in [0.05, 0.1) is 13.2 Å². The van der Waals surface area contributed by atoms with E-state index in [0.29, 0.717) is 11.4 Å². The molecule has 2 rings (SSSR count). The summed E-state index contributed by atoms with van der Waals surface area (Å²) in [4.78, 5) is 12.0. The largest absolute Gasteiger partial charge is 1.00 e. The van der Waals surface area contributed by atoms with Crippen LogP contribution >= 0.6 is 0 Å². The van der Waals surface area contributed by atoms with Crippen molar-refractivity contribution in [1.82, 2.24) is 0 Å². The lowest BCUT2D eigenvalue weighted by molar-refractivity contribution is -0.688. The maximum absolute atomic E-state index is 12.0. The van der Waals surface area contributed by atoms with Gasteiger partial charge >= 0.3 is 5.88 Å². The van der Waals surface area contributed by atoms with Crippen molar-refractivity contribution in [3.05, 3.63) is 60.3 Å². The minimum absolute atomic E-state index is 0. The van der Waals surface area contributed by atoms with E-state index in [1.54, 1.807) is 11.7 Å². The molecule has 2 aromatic rings. The van der Waals surface area contributed by atoms with Crippen LogP contribution in [0.4, 0.5) is 0 Å². The highest BCUT2D eigenvalue weighted by molar-refractivity contribution is 5.94. The number of benzene rings is 1. The van der Waals surface area contributed by atoms with Crippen molar-refractivity contribution in [2.45, 2.75) is 6.54 Å². The Kier molecular flexibility index (Phi) is 5.52. The van der Waals surface area contributed by atoms with Crippen molar-refractivity contribution in [3.8, 4) is 5.88 Å². The SMILES string of the molecule is COc1cccc[n+]1CC(=O)c1ccccc1.[Br-]. The minimum atomic E-state index is 0. The Morgan fingerprint density at radius 3 is 2.44 bits per heavy atom. The number of pyridine rings is 1. The Morgan fingerprint density at radius 1 is 1.11 bits per heavy atom. The molecular weight excluding hydrogens is 294 g/mol. The molecule has 0 aliphatic carbocycles. The van der Waals surface area contributed by atoms with Crippen molar-refractivity contribution >= 4 is 5.78 Å². The number of methoxy groups -OCH3 is 1. The quantitative estimate of drug-likeness (QED) is 0.529. The zero-order valence-corrected chi connectivity index (χ0v) is 11.6. The Labute approximate surface area is 117 Å². The summed E-state index contributed by atoms with van der Waals surface area (Å²) in [6.07, 6.45) is 1.83. The van der Waals surface area contributed by atoms with E-state index in [0.717, 1.165) is 0 Å². The number of ketones is 1. The molecule has 0 saturated carbocycles. The number of hydrogen-bond acceptors (Lipinski definition) is 2. The van der Waals surface area contributed by atoms with E-state index in [9.17, 15) is 4.79 Å². The molecule has 1 aromatic carbocycles. The first kappa shape index (κ1) is 14.4. The maximum atomic E-state index is 12.0. The highest BCUT2D eigenvalue weighted by atomic mass is 79.9. The van der Waals surface area contributed by atoms with Crippen molar-refractivity contribution in [2.75, 3.05) is 7.11 Å². The number of ether oxygens (including phenoxy) is 1. The summed E-state index contributed by atoms with van der Waals surface area (Å²) >= 11 is 0. The smallest absolute Gasteiger partial charge is 0.367 e. The van der Waals surface area contributed by atoms with E-state index in [2.05, 4.69) is 0 Å². The second-order valence-electron chi connectivity index (χ2n) is 3.66. The molecule has 4 heteroatoms. The van der Waals surface area contributed by atoms with Gasteiger partial charge in [-0.15, -0.1) is 0 Å². The van der Waals surface area contributed by atoms with Crippen molar-refractivity contribution in [3.63, 3.8) is 0 Å². The highest BCUT2D eigenvalue weighted by Crippen LogP contribution is 2.03. The van der Waals surface area contributed by atoms with Gasteiger partial charge in [0, 0.05) is 11.6 Å². The van der Waals surface area contributed by atoms with Crippen LogP contribution in [0.3, 0.4) is 0 Å². The monoisotopic (exact) mass is 307 g/mol. The summed E-state index contributed by atoms with van der Waals surface area (Å²) in [6.45, 7) is 0.286. The van der Waals surface area contributed by atoms with Crippen LogP contribution in [0.15, 0.2) is 54.7 Å². The number of carbonyl (C=O) groups excluding carboxylic acids is 1. The summed E-state index contributed by atoms with van der Waals surface area (Å²) < 4.78 is 6.98. The number of halogens is 1. The molecule has 0 aliphatic heterocycles. The van der Waals surface area contributed by atoms with Gasteiger partial charge in [-0.3, -0.25) is 4.79 Å². The van der Waals surface area contributed by atoms with E-state index < -0.39 is 0 Å². The van der Waals surface area contributed by atoms with Crippen LogP contribution in [-0.4, -0.2) is 12.9 Å². The predicted octanol–water partition coefficient (Wildman–Crippen LogP) is -1.13. The second-order valence-corrected chi connectivity index (χ2v) is 3.66. The van der Waals surface area contributed by atoms with Gasteiger partial charge in [0.2, 0.25) is 12.3 Å². The zero-order valence-electron chi connectivity index (χ0n) is 10.0. The molecule has 0 spiro atoms. The molecule has 0 saturated heterocycles. The van der Waals surface area contributed by atoms with Crippen molar-refractivity contribution in [1.29, 1.82) is 0 Å². The van der Waals surface area contributed by atoms with E-state index in [1.807, 2.05) is 54.7 Å². The molecular formula is C14H14BrNO2. The summed E-state index contributed by atoms with van der Waals surface area (Å²) in [6, 6.07) is 14.8. The van der Waals surface area contributed by atoms with Crippen LogP contribution in [0.5, 0.6) is 5.88 Å². The number of carbonyl (C=O) groups is 1. The molecule has 0 bridgehead atoms. The molecule has 0 unspecified atom stereocenters. The second kappa shape index (κ2) is 6.91. The molecule has 0 radical (unpaired) electrons. The number of aromatic nitrogens is 1. The molecule has 18 heavy (non-hydrogen) atoms. The fourth-order valence-corrected chi connectivity index (χ4v) is 1.65. The lowest BCUT2D eigenvalue weighted by atomic mass is 10.1. The van der Waals surface area contributed by atoms with Gasteiger partial charge in [-0.1, -0.05) is 30.3 Å². The third-order valence-corrected chi connectivity index (χ3v) is 2.52. The average molecular weight is 308 g/mol. The van der Waals surface area contributed by atoms with Crippen LogP contribution < -0.4 is 26.3 Å². The van der Waals surface area contributed by atoms with Gasteiger partial charge in [0.15, 0.2) is 6.20 Å². The zero-order chi connectivity index (χ0) is 12.1. The Balaban J connectivity index is 0.00000162. The van der Waals surface area contributed by atoms with Crippen LogP contribution in [0.1, 0.15) is 10.4 Å². The van der Waals surface area contributed by atoms with E-state index in [-0.39, 0.29) is 29.3 Å². The van der Waals surface area contributed by atoms with E-state index >= 15 is 0 Å². The molecule has 1 aromatic heterocycles. The van der Waals surface area contributed by atoms with Crippen LogP contribution in [0, 0.1) is 0 Å². The Morgan fingerprint density at radius 2 is 1.78 bits per heavy atom. The minimum Gasteiger partial charge on any atom is -1.00 e. The van der Waals surface area contributed by atoms with Gasteiger partial charge < -0.3 is 21.7 Å². The fourth-order valence-electron chi connectivity index (χ4n) is 1.65. The summed E-state index contributed by atoms with van der Waals surface area (Å²) in [5, 5.41) is 0. The first-order chi connectivity index (χ1) is 8.31. The van der Waals surface area contributed by atoms with E-state index in [1.165, 1.54) is 0 Å². The summed E-state index contributed by atoms with van der Waals surface area (Å²) in [7, 11) is 1.60. The maximum Gasteiger partial charge on any atom is 0.367 e. The molecule has 0 N–H and O–H groups in total. The molecule has 94 valence electrons. The molecule has 0 amide bonds. The summed E-state index contributed by atoms with van der Waals surface area (Å²) in [5.74, 6) is 0.747. The third kappa shape index (κ3) is 3.40. The lowest BCUT2D eigenvalue weighted by Crippen LogP contribution is -3.00. The number of Topliss-reactive ketones (excluding diaryl/α,β-unsaturated/α-hetero) is 1. The van der Waals surface area contributed by atoms with Gasteiger partial charge in [0.25, 0.3) is 0 Å². The Hall–Kier alpha value is -1.68. The molecule has 0 aliphatic rings. The topological polar surface area (TPSA) is 30.2 Å². The number of rotatable bonds is 4. The fraction of sp³-hybridized carbons (Fsp3) is 0.143. The average Bonchev–Trinajstić information content (AvgIpc) is 2.40. The predicted molar refractivity (Wildman–Crippen MR) is 64.0 cm³/mol. The molecule has 0 fully saturated rings. The normalized spacial score (nSPS) is 9.39. The van der Waals surface area contributed by atoms with E-state index in [4.69, 9.17) is 4.74 Å². The van der Waals surface area contributed by atoms with Crippen LogP contribution in [0.2, 0.25) is 0 Å².